The Morgan fingerprint density at radius 1 is 1.42 bits per heavy atom. The van der Waals surface area contributed by atoms with E-state index in [0.29, 0.717) is 17.2 Å². The zero-order valence-electron chi connectivity index (χ0n) is 6.75. The van der Waals surface area contributed by atoms with Crippen LogP contribution in [0.5, 0.6) is 0 Å². The summed E-state index contributed by atoms with van der Waals surface area (Å²) in [5.74, 6) is 0.623. The molecule has 0 heterocycles. The van der Waals surface area contributed by atoms with Crippen LogP contribution in [0.1, 0.15) is 29.9 Å². The lowest BCUT2D eigenvalue weighted by Gasteiger charge is -2.03. The Bertz CT molecular complexity index is 345. The molecule has 2 N–H and O–H groups in total. The largest absolute Gasteiger partial charge is 0.397 e. The molecule has 2 nitrogen and oxygen atoms in total. The molecule has 0 atom stereocenters. The standard InChI is InChI=1S/C10H10N2/c11-6-8-2-1-3-9(10(8)12)7-4-5-7/h1-3,7H,4-5,12H2. The lowest BCUT2D eigenvalue weighted by Crippen LogP contribution is -1.95. The van der Waals surface area contributed by atoms with E-state index in [2.05, 4.69) is 6.07 Å². The van der Waals surface area contributed by atoms with Crippen molar-refractivity contribution in [2.24, 2.45) is 0 Å². The highest BCUT2D eigenvalue weighted by Crippen LogP contribution is 2.43. The fraction of sp³-hybridized carbons (Fsp3) is 0.300. The van der Waals surface area contributed by atoms with Crippen LogP contribution in [-0.2, 0) is 0 Å². The zero-order chi connectivity index (χ0) is 8.55. The summed E-state index contributed by atoms with van der Waals surface area (Å²) in [5.41, 5.74) is 8.27. The van der Waals surface area contributed by atoms with Crippen molar-refractivity contribution in [3.05, 3.63) is 29.3 Å². The summed E-state index contributed by atoms with van der Waals surface area (Å²) in [7, 11) is 0. The number of nitrogen functional groups attached to an aromatic ring is 1. The van der Waals surface area contributed by atoms with E-state index in [9.17, 15) is 0 Å². The van der Waals surface area contributed by atoms with Crippen molar-refractivity contribution in [2.75, 3.05) is 5.73 Å². The Hall–Kier alpha value is -1.49. The van der Waals surface area contributed by atoms with Gasteiger partial charge in [-0.2, -0.15) is 5.26 Å². The Morgan fingerprint density at radius 2 is 2.17 bits per heavy atom. The summed E-state index contributed by atoms with van der Waals surface area (Å²) >= 11 is 0. The molecule has 1 aliphatic rings. The number of nitriles is 1. The van der Waals surface area contributed by atoms with Gasteiger partial charge in [-0.05, 0) is 30.4 Å². The molecule has 0 unspecified atom stereocenters. The van der Waals surface area contributed by atoms with Gasteiger partial charge >= 0.3 is 0 Å². The number of nitrogens with two attached hydrogens (primary N) is 1. The number of rotatable bonds is 1. The smallest absolute Gasteiger partial charge is 0.101 e. The Kier molecular flexibility index (Phi) is 1.51. The number of hydrogen-bond acceptors (Lipinski definition) is 2. The van der Waals surface area contributed by atoms with Gasteiger partial charge in [0.25, 0.3) is 0 Å². The van der Waals surface area contributed by atoms with Crippen molar-refractivity contribution in [3.8, 4) is 6.07 Å². The molecule has 1 aromatic rings. The topological polar surface area (TPSA) is 49.8 Å². The number of benzene rings is 1. The monoisotopic (exact) mass is 158 g/mol. The maximum absolute atomic E-state index is 8.72. The molecule has 1 aromatic carbocycles. The van der Waals surface area contributed by atoms with Crippen molar-refractivity contribution in [2.45, 2.75) is 18.8 Å². The molecule has 0 radical (unpaired) electrons. The third-order valence-electron chi connectivity index (χ3n) is 2.28. The minimum atomic E-state index is 0.611. The van der Waals surface area contributed by atoms with E-state index in [1.807, 2.05) is 12.1 Å². The zero-order valence-corrected chi connectivity index (χ0v) is 6.75. The van der Waals surface area contributed by atoms with Crippen LogP contribution in [0.3, 0.4) is 0 Å². The van der Waals surface area contributed by atoms with Gasteiger partial charge in [0.15, 0.2) is 0 Å². The minimum Gasteiger partial charge on any atom is -0.397 e. The van der Waals surface area contributed by atoms with Crippen LogP contribution in [0.15, 0.2) is 18.2 Å². The molecule has 0 aromatic heterocycles. The second kappa shape index (κ2) is 2.53. The average Bonchev–Trinajstić information content (AvgIpc) is 2.88. The molecule has 0 aliphatic heterocycles. The number of para-hydroxylation sites is 1. The van der Waals surface area contributed by atoms with E-state index in [1.165, 1.54) is 12.8 Å². The minimum absolute atomic E-state index is 0.611. The molecule has 0 bridgehead atoms. The summed E-state index contributed by atoms with van der Waals surface area (Å²) < 4.78 is 0. The van der Waals surface area contributed by atoms with Gasteiger partial charge in [-0.1, -0.05) is 12.1 Å². The van der Waals surface area contributed by atoms with Crippen LogP contribution < -0.4 is 5.73 Å². The molecule has 0 spiro atoms. The van der Waals surface area contributed by atoms with Crippen molar-refractivity contribution in [1.29, 1.82) is 5.26 Å². The molecule has 2 rings (SSSR count). The normalized spacial score (nSPS) is 15.6. The van der Waals surface area contributed by atoms with E-state index >= 15 is 0 Å². The lowest BCUT2D eigenvalue weighted by molar-refractivity contribution is 1.13. The van der Waals surface area contributed by atoms with Crippen LogP contribution in [0.4, 0.5) is 5.69 Å². The molecule has 1 saturated carbocycles. The first kappa shape index (κ1) is 7.17. The van der Waals surface area contributed by atoms with Crippen LogP contribution in [0.2, 0.25) is 0 Å². The van der Waals surface area contributed by atoms with Crippen LogP contribution in [0.25, 0.3) is 0 Å². The molecule has 60 valence electrons. The fourth-order valence-corrected chi connectivity index (χ4v) is 1.43. The van der Waals surface area contributed by atoms with Gasteiger partial charge in [-0.25, -0.2) is 0 Å². The molecule has 12 heavy (non-hydrogen) atoms. The van der Waals surface area contributed by atoms with Gasteiger partial charge < -0.3 is 5.73 Å². The second-order valence-corrected chi connectivity index (χ2v) is 3.19. The van der Waals surface area contributed by atoms with Gasteiger partial charge in [0.1, 0.15) is 6.07 Å². The number of nitrogens with zero attached hydrogens (tertiary/aromatic N) is 1. The van der Waals surface area contributed by atoms with Crippen LogP contribution in [-0.4, -0.2) is 0 Å². The molecule has 1 aliphatic carbocycles. The Labute approximate surface area is 71.6 Å². The van der Waals surface area contributed by atoms with E-state index < -0.39 is 0 Å². The van der Waals surface area contributed by atoms with Crippen LogP contribution in [0, 0.1) is 11.3 Å². The van der Waals surface area contributed by atoms with E-state index in [0.717, 1.165) is 5.56 Å². The lowest BCUT2D eigenvalue weighted by atomic mass is 10.0. The summed E-state index contributed by atoms with van der Waals surface area (Å²) in [5, 5.41) is 8.72. The summed E-state index contributed by atoms with van der Waals surface area (Å²) in [4.78, 5) is 0. The number of anilines is 1. The average molecular weight is 158 g/mol. The predicted octanol–water partition coefficient (Wildman–Crippen LogP) is 2.02. The van der Waals surface area contributed by atoms with Crippen molar-refractivity contribution < 1.29 is 0 Å². The predicted molar refractivity (Wildman–Crippen MR) is 47.5 cm³/mol. The molecular formula is C10H10N2. The van der Waals surface area contributed by atoms with Crippen LogP contribution >= 0.6 is 0 Å². The SMILES string of the molecule is N#Cc1cccc(C2CC2)c1N. The highest BCUT2D eigenvalue weighted by atomic mass is 14.6. The first-order valence-corrected chi connectivity index (χ1v) is 4.11. The van der Waals surface area contributed by atoms with E-state index in [4.69, 9.17) is 11.0 Å². The molecule has 2 heteroatoms. The maximum atomic E-state index is 8.72. The highest BCUT2D eigenvalue weighted by Gasteiger charge is 2.25. The first-order chi connectivity index (χ1) is 5.83. The Morgan fingerprint density at radius 3 is 2.75 bits per heavy atom. The summed E-state index contributed by atoms with van der Waals surface area (Å²) in [6, 6.07) is 7.79. The van der Waals surface area contributed by atoms with Crippen molar-refractivity contribution in [1.82, 2.24) is 0 Å². The van der Waals surface area contributed by atoms with Gasteiger partial charge in [-0.3, -0.25) is 0 Å². The molecule has 0 amide bonds. The highest BCUT2D eigenvalue weighted by molar-refractivity contribution is 5.61. The van der Waals surface area contributed by atoms with Gasteiger partial charge in [0.05, 0.1) is 11.3 Å². The first-order valence-electron chi connectivity index (χ1n) is 4.11. The van der Waals surface area contributed by atoms with E-state index in [-0.39, 0.29) is 0 Å². The summed E-state index contributed by atoms with van der Waals surface area (Å²) in [6.45, 7) is 0. The molecular weight excluding hydrogens is 148 g/mol. The van der Waals surface area contributed by atoms with Crippen molar-refractivity contribution in [3.63, 3.8) is 0 Å². The molecule has 1 fully saturated rings. The molecule has 0 saturated heterocycles. The quantitative estimate of drug-likeness (QED) is 0.635. The van der Waals surface area contributed by atoms with Crippen molar-refractivity contribution >= 4 is 5.69 Å². The summed E-state index contributed by atoms with van der Waals surface area (Å²) in [6.07, 6.45) is 2.44. The number of hydrogen-bond donors (Lipinski definition) is 1. The fourth-order valence-electron chi connectivity index (χ4n) is 1.43. The van der Waals surface area contributed by atoms with Gasteiger partial charge in [-0.15, -0.1) is 0 Å². The van der Waals surface area contributed by atoms with Gasteiger partial charge in [0, 0.05) is 0 Å². The third-order valence-corrected chi connectivity index (χ3v) is 2.28. The van der Waals surface area contributed by atoms with Gasteiger partial charge in [0.2, 0.25) is 0 Å². The third kappa shape index (κ3) is 1.04. The van der Waals surface area contributed by atoms with E-state index in [1.54, 1.807) is 6.07 Å². The maximum Gasteiger partial charge on any atom is 0.101 e. The Balaban J connectivity index is 2.49. The second-order valence-electron chi connectivity index (χ2n) is 3.19.